The molecule has 1 heterocycles. The van der Waals surface area contributed by atoms with Gasteiger partial charge in [0, 0.05) is 39.3 Å². The average molecular weight is 296 g/mol. The zero-order valence-electron chi connectivity index (χ0n) is 13.8. The van der Waals surface area contributed by atoms with Gasteiger partial charge in [0.1, 0.15) is 6.10 Å². The summed E-state index contributed by atoms with van der Waals surface area (Å²) in [7, 11) is 2.19. The van der Waals surface area contributed by atoms with Crippen LogP contribution in [0, 0.1) is 11.8 Å². The van der Waals surface area contributed by atoms with Crippen LogP contribution < -0.4 is 0 Å². The van der Waals surface area contributed by atoms with Gasteiger partial charge >= 0.3 is 0 Å². The second-order valence-corrected chi connectivity index (χ2v) is 5.87. The van der Waals surface area contributed by atoms with Gasteiger partial charge in [-0.05, 0) is 46.3 Å². The molecule has 1 aliphatic heterocycles. The van der Waals surface area contributed by atoms with Crippen molar-refractivity contribution in [3.8, 4) is 11.8 Å². The summed E-state index contributed by atoms with van der Waals surface area (Å²) < 4.78 is 5.53. The molecule has 0 aromatic heterocycles. The van der Waals surface area contributed by atoms with Gasteiger partial charge in [0.2, 0.25) is 0 Å². The number of nitrogens with zero attached hydrogens (tertiary/aromatic N) is 2. The second kappa shape index (κ2) is 12.0. The summed E-state index contributed by atoms with van der Waals surface area (Å²) >= 11 is 0. The third-order valence-corrected chi connectivity index (χ3v) is 3.92. The van der Waals surface area contributed by atoms with Gasteiger partial charge in [0.15, 0.2) is 0 Å². The van der Waals surface area contributed by atoms with E-state index in [1.807, 2.05) is 0 Å². The molecule has 1 N–H and O–H groups in total. The third kappa shape index (κ3) is 9.87. The Hall–Kier alpha value is -0.600. The van der Waals surface area contributed by atoms with Crippen LogP contribution in [0.15, 0.2) is 0 Å². The lowest BCUT2D eigenvalue weighted by atomic mass is 10.1. The highest BCUT2D eigenvalue weighted by Gasteiger charge is 2.10. The molecule has 0 spiro atoms. The largest absolute Gasteiger partial charge is 0.381 e. The van der Waals surface area contributed by atoms with Crippen molar-refractivity contribution in [3.63, 3.8) is 0 Å². The Morgan fingerprint density at radius 3 is 2.67 bits per heavy atom. The van der Waals surface area contributed by atoms with Gasteiger partial charge in [-0.15, -0.1) is 5.92 Å². The molecule has 0 saturated carbocycles. The number of ether oxygens (including phenoxy) is 1. The molecule has 1 unspecified atom stereocenters. The van der Waals surface area contributed by atoms with Crippen molar-refractivity contribution in [2.75, 3.05) is 53.0 Å². The van der Waals surface area contributed by atoms with Gasteiger partial charge in [0.05, 0.1) is 0 Å². The highest BCUT2D eigenvalue weighted by molar-refractivity contribution is 5.01. The van der Waals surface area contributed by atoms with E-state index in [1.165, 1.54) is 38.9 Å². The predicted molar refractivity (Wildman–Crippen MR) is 87.3 cm³/mol. The van der Waals surface area contributed by atoms with Crippen molar-refractivity contribution < 1.29 is 9.84 Å². The molecular weight excluding hydrogens is 264 g/mol. The maximum absolute atomic E-state index is 9.42. The van der Waals surface area contributed by atoms with E-state index in [0.717, 1.165) is 26.1 Å². The van der Waals surface area contributed by atoms with Crippen LogP contribution in [-0.2, 0) is 4.74 Å². The van der Waals surface area contributed by atoms with Crippen LogP contribution in [0.1, 0.15) is 39.0 Å². The van der Waals surface area contributed by atoms with Gasteiger partial charge < -0.3 is 19.6 Å². The van der Waals surface area contributed by atoms with Gasteiger partial charge in [-0.2, -0.15) is 0 Å². The summed E-state index contributed by atoms with van der Waals surface area (Å²) in [5.74, 6) is 5.42. The fourth-order valence-corrected chi connectivity index (χ4v) is 2.58. The number of aliphatic hydroxyl groups excluding tert-OH is 1. The number of aliphatic hydroxyl groups is 1. The van der Waals surface area contributed by atoms with E-state index in [1.54, 1.807) is 6.92 Å². The summed E-state index contributed by atoms with van der Waals surface area (Å²) in [6, 6.07) is 0. The van der Waals surface area contributed by atoms with Gasteiger partial charge in [-0.3, -0.25) is 0 Å². The molecule has 0 radical (unpaired) electrons. The topological polar surface area (TPSA) is 35.9 Å². The minimum atomic E-state index is -0.540. The maximum Gasteiger partial charge on any atom is 0.116 e. The first-order valence-electron chi connectivity index (χ1n) is 8.31. The normalized spacial score (nSPS) is 17.5. The van der Waals surface area contributed by atoms with Crippen molar-refractivity contribution in [1.29, 1.82) is 0 Å². The average Bonchev–Trinajstić information content (AvgIpc) is 2.50. The molecule has 0 aromatic carbocycles. The molecular formula is C17H32N2O2. The third-order valence-electron chi connectivity index (χ3n) is 3.92. The number of hydrogen-bond acceptors (Lipinski definition) is 4. The molecule has 0 amide bonds. The standard InChI is InChI=1S/C17H32N2O2/c1-3-8-17(20)9-16-21-15-7-10-18(2)13-14-19-11-5-4-6-12-19/h17,20H,4-7,9-16H2,1-2H3. The van der Waals surface area contributed by atoms with Crippen LogP contribution in [0.2, 0.25) is 0 Å². The van der Waals surface area contributed by atoms with E-state index in [9.17, 15) is 5.11 Å². The number of hydrogen-bond donors (Lipinski definition) is 1. The Morgan fingerprint density at radius 1 is 1.19 bits per heavy atom. The molecule has 4 nitrogen and oxygen atoms in total. The fourth-order valence-electron chi connectivity index (χ4n) is 2.58. The van der Waals surface area contributed by atoms with E-state index in [0.29, 0.717) is 13.0 Å². The number of rotatable bonds is 10. The van der Waals surface area contributed by atoms with Crippen LogP contribution in [0.4, 0.5) is 0 Å². The van der Waals surface area contributed by atoms with Crippen LogP contribution in [0.25, 0.3) is 0 Å². The van der Waals surface area contributed by atoms with E-state index >= 15 is 0 Å². The maximum atomic E-state index is 9.42. The SMILES string of the molecule is CC#CC(O)CCOCCCN(C)CCN1CCCCC1. The summed E-state index contributed by atoms with van der Waals surface area (Å²) in [5.41, 5.74) is 0. The first kappa shape index (κ1) is 18.4. The molecule has 0 aromatic rings. The summed E-state index contributed by atoms with van der Waals surface area (Å²) in [6.45, 7) is 9.06. The first-order valence-corrected chi connectivity index (χ1v) is 8.31. The van der Waals surface area contributed by atoms with Crippen molar-refractivity contribution in [3.05, 3.63) is 0 Å². The van der Waals surface area contributed by atoms with Crippen molar-refractivity contribution in [2.24, 2.45) is 0 Å². The summed E-state index contributed by atoms with van der Waals surface area (Å²) in [6.07, 6.45) is 5.25. The smallest absolute Gasteiger partial charge is 0.116 e. The molecule has 0 aliphatic carbocycles. The van der Waals surface area contributed by atoms with Crippen LogP contribution in [-0.4, -0.2) is 74.0 Å². The second-order valence-electron chi connectivity index (χ2n) is 5.87. The quantitative estimate of drug-likeness (QED) is 0.490. The fraction of sp³-hybridized carbons (Fsp3) is 0.882. The highest BCUT2D eigenvalue weighted by Crippen LogP contribution is 2.07. The number of likely N-dealkylation sites (N-methyl/N-ethyl adjacent to an activating group) is 1. The highest BCUT2D eigenvalue weighted by atomic mass is 16.5. The van der Waals surface area contributed by atoms with Crippen molar-refractivity contribution >= 4 is 0 Å². The van der Waals surface area contributed by atoms with Gasteiger partial charge in [0.25, 0.3) is 0 Å². The minimum Gasteiger partial charge on any atom is -0.381 e. The zero-order chi connectivity index (χ0) is 15.3. The van der Waals surface area contributed by atoms with Gasteiger partial charge in [-0.25, -0.2) is 0 Å². The summed E-state index contributed by atoms with van der Waals surface area (Å²) in [4.78, 5) is 4.96. The molecule has 122 valence electrons. The lowest BCUT2D eigenvalue weighted by molar-refractivity contribution is 0.0936. The molecule has 1 fully saturated rings. The Morgan fingerprint density at radius 2 is 1.95 bits per heavy atom. The molecule has 4 heteroatoms. The number of likely N-dealkylation sites (tertiary alicyclic amines) is 1. The zero-order valence-corrected chi connectivity index (χ0v) is 13.8. The Bertz CT molecular complexity index is 306. The lowest BCUT2D eigenvalue weighted by Gasteiger charge is -2.28. The molecule has 1 rings (SSSR count). The van der Waals surface area contributed by atoms with Crippen LogP contribution in [0.3, 0.4) is 0 Å². The minimum absolute atomic E-state index is 0.540. The Labute approximate surface area is 130 Å². The number of piperidine rings is 1. The Kier molecular flexibility index (Phi) is 10.5. The molecule has 21 heavy (non-hydrogen) atoms. The van der Waals surface area contributed by atoms with Crippen LogP contribution in [0.5, 0.6) is 0 Å². The molecule has 1 atom stereocenters. The van der Waals surface area contributed by atoms with E-state index in [2.05, 4.69) is 28.7 Å². The molecule has 1 saturated heterocycles. The van der Waals surface area contributed by atoms with Crippen molar-refractivity contribution in [1.82, 2.24) is 9.80 Å². The van der Waals surface area contributed by atoms with Gasteiger partial charge in [-0.1, -0.05) is 12.3 Å². The predicted octanol–water partition coefficient (Wildman–Crippen LogP) is 1.59. The summed E-state index contributed by atoms with van der Waals surface area (Å²) in [5, 5.41) is 9.42. The lowest BCUT2D eigenvalue weighted by Crippen LogP contribution is -2.37. The molecule has 1 aliphatic rings. The molecule has 0 bridgehead atoms. The monoisotopic (exact) mass is 296 g/mol. The first-order chi connectivity index (χ1) is 10.2. The van der Waals surface area contributed by atoms with E-state index in [4.69, 9.17) is 4.74 Å². The van der Waals surface area contributed by atoms with Crippen LogP contribution >= 0.6 is 0 Å². The van der Waals surface area contributed by atoms with Crippen molar-refractivity contribution in [2.45, 2.75) is 45.1 Å². The van der Waals surface area contributed by atoms with E-state index < -0.39 is 6.10 Å². The Balaban J connectivity index is 1.90. The van der Waals surface area contributed by atoms with E-state index in [-0.39, 0.29) is 0 Å².